The van der Waals surface area contributed by atoms with Gasteiger partial charge in [0, 0.05) is 28.8 Å². The largest absolute Gasteiger partial charge is 0.391 e. The third kappa shape index (κ3) is 2.28. The average molecular weight is 284 g/mol. The highest BCUT2D eigenvalue weighted by atomic mass is 79.9. The summed E-state index contributed by atoms with van der Waals surface area (Å²) in [6, 6.07) is 5.70. The van der Waals surface area contributed by atoms with Crippen LogP contribution in [0.15, 0.2) is 22.7 Å². The Kier molecular flexibility index (Phi) is 3.30. The molecular weight excluding hydrogens is 270 g/mol. The number of rotatable bonds is 2. The molecule has 1 saturated heterocycles. The van der Waals surface area contributed by atoms with E-state index in [9.17, 15) is 9.90 Å². The van der Waals surface area contributed by atoms with Crippen molar-refractivity contribution < 1.29 is 9.90 Å². The van der Waals surface area contributed by atoms with Crippen LogP contribution in [0.4, 0.5) is 5.69 Å². The molecule has 0 saturated carbocycles. The van der Waals surface area contributed by atoms with Crippen LogP contribution in [-0.2, 0) is 0 Å². The fourth-order valence-electron chi connectivity index (χ4n) is 1.96. The van der Waals surface area contributed by atoms with Gasteiger partial charge in [-0.3, -0.25) is 4.79 Å². The number of carbonyl (C=O) groups is 1. The van der Waals surface area contributed by atoms with E-state index in [1.807, 2.05) is 18.2 Å². The molecule has 0 bridgehead atoms. The van der Waals surface area contributed by atoms with E-state index in [4.69, 9.17) is 0 Å². The average Bonchev–Trinajstić information content (AvgIpc) is 2.64. The molecule has 0 spiro atoms. The predicted molar refractivity (Wildman–Crippen MR) is 67.0 cm³/mol. The zero-order chi connectivity index (χ0) is 11.7. The van der Waals surface area contributed by atoms with Crippen LogP contribution in [0.5, 0.6) is 0 Å². The SMILES string of the molecule is CC(=O)c1ccc(N2CCC(O)C2)cc1Br. The highest BCUT2D eigenvalue weighted by molar-refractivity contribution is 9.10. The van der Waals surface area contributed by atoms with Crippen molar-refractivity contribution >= 4 is 27.4 Å². The molecule has 1 aromatic carbocycles. The molecule has 1 N–H and O–H groups in total. The molecule has 0 aliphatic carbocycles. The number of carbonyl (C=O) groups excluding carboxylic acids is 1. The number of β-amino-alcohol motifs (C(OH)–C–C–N with tert-alkyl or cyclic N) is 1. The van der Waals surface area contributed by atoms with Crippen molar-refractivity contribution in [2.24, 2.45) is 0 Å². The topological polar surface area (TPSA) is 40.5 Å². The zero-order valence-electron chi connectivity index (χ0n) is 9.11. The minimum absolute atomic E-state index is 0.0554. The monoisotopic (exact) mass is 283 g/mol. The van der Waals surface area contributed by atoms with Gasteiger partial charge in [0.05, 0.1) is 6.10 Å². The van der Waals surface area contributed by atoms with E-state index in [-0.39, 0.29) is 11.9 Å². The lowest BCUT2D eigenvalue weighted by atomic mass is 10.1. The van der Waals surface area contributed by atoms with Crippen molar-refractivity contribution in [2.45, 2.75) is 19.4 Å². The predicted octanol–water partition coefficient (Wildman–Crippen LogP) is 2.22. The van der Waals surface area contributed by atoms with Gasteiger partial charge in [0.15, 0.2) is 5.78 Å². The molecule has 1 aliphatic rings. The molecular formula is C12H14BrNO2. The first kappa shape index (κ1) is 11.6. The van der Waals surface area contributed by atoms with E-state index < -0.39 is 0 Å². The second-order valence-electron chi connectivity index (χ2n) is 4.11. The molecule has 16 heavy (non-hydrogen) atoms. The first-order valence-corrected chi connectivity index (χ1v) is 6.10. The summed E-state index contributed by atoms with van der Waals surface area (Å²) in [6.07, 6.45) is 0.581. The van der Waals surface area contributed by atoms with Crippen molar-refractivity contribution in [1.82, 2.24) is 0 Å². The number of Topliss-reactive ketones (excluding diaryl/α,β-unsaturated/α-hetero) is 1. The normalized spacial score (nSPS) is 20.2. The van der Waals surface area contributed by atoms with Crippen molar-refractivity contribution in [3.05, 3.63) is 28.2 Å². The number of ketones is 1. The van der Waals surface area contributed by atoms with E-state index in [0.29, 0.717) is 12.1 Å². The van der Waals surface area contributed by atoms with E-state index >= 15 is 0 Å². The van der Waals surface area contributed by atoms with Gasteiger partial charge in [-0.25, -0.2) is 0 Å². The van der Waals surface area contributed by atoms with Gasteiger partial charge in [0.1, 0.15) is 0 Å². The number of halogens is 1. The lowest BCUT2D eigenvalue weighted by Crippen LogP contribution is -2.21. The highest BCUT2D eigenvalue weighted by Crippen LogP contribution is 2.26. The van der Waals surface area contributed by atoms with Crippen LogP contribution in [0.25, 0.3) is 0 Å². The van der Waals surface area contributed by atoms with Crippen LogP contribution in [-0.4, -0.2) is 30.1 Å². The Bertz CT molecular complexity index is 419. The van der Waals surface area contributed by atoms with Crippen molar-refractivity contribution in [3.63, 3.8) is 0 Å². The number of hydrogen-bond donors (Lipinski definition) is 1. The third-order valence-electron chi connectivity index (χ3n) is 2.86. The van der Waals surface area contributed by atoms with Crippen LogP contribution < -0.4 is 4.90 Å². The van der Waals surface area contributed by atoms with E-state index in [0.717, 1.165) is 23.1 Å². The summed E-state index contributed by atoms with van der Waals surface area (Å²) in [4.78, 5) is 13.4. The Morgan fingerprint density at radius 2 is 2.31 bits per heavy atom. The number of aliphatic hydroxyl groups excluding tert-OH is 1. The highest BCUT2D eigenvalue weighted by Gasteiger charge is 2.21. The third-order valence-corrected chi connectivity index (χ3v) is 3.52. The Morgan fingerprint density at radius 1 is 1.56 bits per heavy atom. The maximum atomic E-state index is 11.3. The van der Waals surface area contributed by atoms with Gasteiger partial charge in [0.2, 0.25) is 0 Å². The van der Waals surface area contributed by atoms with Crippen LogP contribution in [0.1, 0.15) is 23.7 Å². The van der Waals surface area contributed by atoms with Crippen LogP contribution in [0.2, 0.25) is 0 Å². The summed E-state index contributed by atoms with van der Waals surface area (Å²) in [6.45, 7) is 3.10. The summed E-state index contributed by atoms with van der Waals surface area (Å²) in [7, 11) is 0. The van der Waals surface area contributed by atoms with Crippen molar-refractivity contribution in [1.29, 1.82) is 0 Å². The molecule has 4 heteroatoms. The molecule has 3 nitrogen and oxygen atoms in total. The molecule has 86 valence electrons. The van der Waals surface area contributed by atoms with E-state index in [1.165, 1.54) is 0 Å². The van der Waals surface area contributed by atoms with Crippen molar-refractivity contribution in [2.75, 3.05) is 18.0 Å². The molecule has 0 amide bonds. The molecule has 0 aromatic heterocycles. The number of aliphatic hydroxyl groups is 1. The standard InChI is InChI=1S/C12H14BrNO2/c1-8(15)11-3-2-9(6-12(11)13)14-5-4-10(16)7-14/h2-3,6,10,16H,4-5,7H2,1H3. The van der Waals surface area contributed by atoms with Crippen molar-refractivity contribution in [3.8, 4) is 0 Å². The molecule has 1 fully saturated rings. The first-order valence-electron chi connectivity index (χ1n) is 5.31. The molecule has 1 atom stereocenters. The van der Waals surface area contributed by atoms with Gasteiger partial charge < -0.3 is 10.0 Å². The molecule has 2 rings (SSSR count). The summed E-state index contributed by atoms with van der Waals surface area (Å²) in [5.41, 5.74) is 1.75. The Balaban J connectivity index is 2.24. The minimum Gasteiger partial charge on any atom is -0.391 e. The molecule has 1 heterocycles. The Labute approximate surface area is 103 Å². The smallest absolute Gasteiger partial charge is 0.160 e. The number of hydrogen-bond acceptors (Lipinski definition) is 3. The summed E-state index contributed by atoms with van der Waals surface area (Å²) in [5, 5.41) is 9.47. The number of anilines is 1. The van der Waals surface area contributed by atoms with Crippen LogP contribution in [0, 0.1) is 0 Å². The van der Waals surface area contributed by atoms with Gasteiger partial charge >= 0.3 is 0 Å². The first-order chi connectivity index (χ1) is 7.58. The molecule has 1 unspecified atom stereocenters. The number of nitrogens with zero attached hydrogens (tertiary/aromatic N) is 1. The maximum Gasteiger partial charge on any atom is 0.160 e. The Morgan fingerprint density at radius 3 is 2.81 bits per heavy atom. The van der Waals surface area contributed by atoms with E-state index in [1.54, 1.807) is 6.92 Å². The van der Waals surface area contributed by atoms with Gasteiger partial charge in [-0.05, 0) is 47.5 Å². The van der Waals surface area contributed by atoms with Gasteiger partial charge in [-0.15, -0.1) is 0 Å². The summed E-state index contributed by atoms with van der Waals surface area (Å²) >= 11 is 3.40. The quantitative estimate of drug-likeness (QED) is 0.847. The van der Waals surface area contributed by atoms with Crippen LogP contribution >= 0.6 is 15.9 Å². The fraction of sp³-hybridized carbons (Fsp3) is 0.417. The lowest BCUT2D eigenvalue weighted by molar-refractivity contribution is 0.101. The second kappa shape index (κ2) is 4.55. The maximum absolute atomic E-state index is 11.3. The zero-order valence-corrected chi connectivity index (χ0v) is 10.7. The molecule has 1 aliphatic heterocycles. The van der Waals surface area contributed by atoms with Gasteiger partial charge in [-0.1, -0.05) is 0 Å². The van der Waals surface area contributed by atoms with Crippen LogP contribution in [0.3, 0.4) is 0 Å². The lowest BCUT2D eigenvalue weighted by Gasteiger charge is -2.18. The van der Waals surface area contributed by atoms with Gasteiger partial charge in [-0.2, -0.15) is 0 Å². The minimum atomic E-state index is -0.230. The Hall–Kier alpha value is -0.870. The van der Waals surface area contributed by atoms with E-state index in [2.05, 4.69) is 20.8 Å². The summed E-state index contributed by atoms with van der Waals surface area (Å²) < 4.78 is 0.818. The number of benzene rings is 1. The summed E-state index contributed by atoms with van der Waals surface area (Å²) in [5.74, 6) is 0.0554. The second-order valence-corrected chi connectivity index (χ2v) is 4.96. The fourth-order valence-corrected chi connectivity index (χ4v) is 2.61. The van der Waals surface area contributed by atoms with Gasteiger partial charge in [0.25, 0.3) is 0 Å². The molecule has 0 radical (unpaired) electrons. The molecule has 1 aromatic rings.